The van der Waals surface area contributed by atoms with Crippen LogP contribution in [0, 0.1) is 6.92 Å². The van der Waals surface area contributed by atoms with Crippen LogP contribution in [0.3, 0.4) is 0 Å². The minimum absolute atomic E-state index is 0.105. The fourth-order valence-electron chi connectivity index (χ4n) is 2.81. The van der Waals surface area contributed by atoms with E-state index in [1.54, 1.807) is 0 Å². The van der Waals surface area contributed by atoms with Gasteiger partial charge in [0.15, 0.2) is 0 Å². The average molecular weight is 321 g/mol. The molecule has 0 spiro atoms. The predicted octanol–water partition coefficient (Wildman–Crippen LogP) is 2.11. The molecule has 0 aromatic heterocycles. The van der Waals surface area contributed by atoms with Crippen molar-refractivity contribution in [3.05, 3.63) is 29.3 Å². The number of carbonyl (C=O) groups excluding carboxylic acids is 1. The first-order chi connectivity index (χ1) is 10.5. The molecule has 0 radical (unpaired) electrons. The van der Waals surface area contributed by atoms with Crippen molar-refractivity contribution in [1.29, 1.82) is 0 Å². The molecule has 1 aliphatic heterocycles. The molecule has 22 heavy (non-hydrogen) atoms. The van der Waals surface area contributed by atoms with Gasteiger partial charge in [0.05, 0.1) is 6.54 Å². The smallest absolute Gasteiger partial charge is 0.234 e. The summed E-state index contributed by atoms with van der Waals surface area (Å²) in [7, 11) is 6.13. The van der Waals surface area contributed by atoms with E-state index in [1.807, 2.05) is 32.9 Å². The molecule has 0 unspecified atom stereocenters. The SMILES string of the molecule is Cc1cc(CNC(=O)CN(C)[C@H]2CCSC2)ccc1N(C)C. The number of aryl methyl sites for hydroxylation is 1. The van der Waals surface area contributed by atoms with Gasteiger partial charge in [-0.05, 0) is 43.3 Å². The van der Waals surface area contributed by atoms with Crippen LogP contribution < -0.4 is 10.2 Å². The normalized spacial score (nSPS) is 17.8. The maximum Gasteiger partial charge on any atom is 0.234 e. The number of carbonyl (C=O) groups is 1. The molecule has 0 saturated carbocycles. The number of anilines is 1. The second-order valence-electron chi connectivity index (χ2n) is 6.22. The van der Waals surface area contributed by atoms with E-state index in [9.17, 15) is 4.79 Å². The summed E-state index contributed by atoms with van der Waals surface area (Å²) in [4.78, 5) is 16.4. The summed E-state index contributed by atoms with van der Waals surface area (Å²) < 4.78 is 0. The van der Waals surface area contributed by atoms with Crippen molar-refractivity contribution in [2.75, 3.05) is 44.1 Å². The van der Waals surface area contributed by atoms with Gasteiger partial charge in [-0.3, -0.25) is 9.69 Å². The van der Waals surface area contributed by atoms with Gasteiger partial charge in [-0.15, -0.1) is 0 Å². The first-order valence-corrected chi connectivity index (χ1v) is 8.94. The zero-order valence-electron chi connectivity index (χ0n) is 14.1. The summed E-state index contributed by atoms with van der Waals surface area (Å²) in [5.41, 5.74) is 3.60. The highest BCUT2D eigenvalue weighted by atomic mass is 32.2. The topological polar surface area (TPSA) is 35.6 Å². The summed E-state index contributed by atoms with van der Waals surface area (Å²) in [6.07, 6.45) is 1.19. The molecule has 1 fully saturated rings. The number of nitrogens with zero attached hydrogens (tertiary/aromatic N) is 2. The molecule has 1 atom stereocenters. The largest absolute Gasteiger partial charge is 0.377 e. The molecule has 0 bridgehead atoms. The Kier molecular flexibility index (Phi) is 6.15. The maximum absolute atomic E-state index is 12.1. The third kappa shape index (κ3) is 4.65. The van der Waals surface area contributed by atoms with Gasteiger partial charge in [-0.2, -0.15) is 11.8 Å². The molecule has 2 rings (SSSR count). The van der Waals surface area contributed by atoms with Crippen molar-refractivity contribution >= 4 is 23.4 Å². The van der Waals surface area contributed by atoms with Crippen molar-refractivity contribution in [1.82, 2.24) is 10.2 Å². The number of hydrogen-bond acceptors (Lipinski definition) is 4. The van der Waals surface area contributed by atoms with E-state index in [-0.39, 0.29) is 5.91 Å². The quantitative estimate of drug-likeness (QED) is 0.870. The molecule has 1 aromatic carbocycles. The number of amides is 1. The van der Waals surface area contributed by atoms with E-state index in [1.165, 1.54) is 23.4 Å². The van der Waals surface area contributed by atoms with Crippen LogP contribution >= 0.6 is 11.8 Å². The van der Waals surface area contributed by atoms with Crippen LogP contribution in [0.25, 0.3) is 0 Å². The number of nitrogens with one attached hydrogen (secondary N) is 1. The average Bonchev–Trinajstić information content (AvgIpc) is 2.99. The van der Waals surface area contributed by atoms with Crippen LogP contribution in [0.1, 0.15) is 17.5 Å². The summed E-state index contributed by atoms with van der Waals surface area (Å²) in [5.74, 6) is 2.47. The molecule has 122 valence electrons. The van der Waals surface area contributed by atoms with Gasteiger partial charge in [-0.1, -0.05) is 12.1 Å². The lowest BCUT2D eigenvalue weighted by molar-refractivity contribution is -0.122. The Labute approximate surface area is 138 Å². The number of benzene rings is 1. The van der Waals surface area contributed by atoms with Gasteiger partial charge < -0.3 is 10.2 Å². The molecule has 0 aliphatic carbocycles. The Morgan fingerprint density at radius 3 is 2.73 bits per heavy atom. The van der Waals surface area contributed by atoms with E-state index in [2.05, 4.69) is 40.2 Å². The zero-order chi connectivity index (χ0) is 16.1. The summed E-state index contributed by atoms with van der Waals surface area (Å²) in [6, 6.07) is 6.89. The lowest BCUT2D eigenvalue weighted by Crippen LogP contribution is -2.40. The molecule has 1 heterocycles. The van der Waals surface area contributed by atoms with Gasteiger partial charge in [0.2, 0.25) is 5.91 Å². The Bertz CT molecular complexity index is 513. The minimum Gasteiger partial charge on any atom is -0.377 e. The summed E-state index contributed by atoms with van der Waals surface area (Å²) in [5, 5.41) is 3.03. The first-order valence-electron chi connectivity index (χ1n) is 7.79. The maximum atomic E-state index is 12.1. The van der Waals surface area contributed by atoms with Gasteiger partial charge in [0, 0.05) is 38.1 Å². The fourth-order valence-corrected chi connectivity index (χ4v) is 4.11. The van der Waals surface area contributed by atoms with Crippen molar-refractivity contribution in [2.45, 2.75) is 25.9 Å². The Morgan fingerprint density at radius 2 is 2.14 bits per heavy atom. The van der Waals surface area contributed by atoms with Crippen LogP contribution in [0.5, 0.6) is 0 Å². The first kappa shape index (κ1) is 17.2. The van der Waals surface area contributed by atoms with E-state index in [0.29, 0.717) is 19.1 Å². The summed E-state index contributed by atoms with van der Waals surface area (Å²) in [6.45, 7) is 3.19. The van der Waals surface area contributed by atoms with Crippen LogP contribution in [0.4, 0.5) is 5.69 Å². The number of hydrogen-bond donors (Lipinski definition) is 1. The predicted molar refractivity (Wildman–Crippen MR) is 95.7 cm³/mol. The fraction of sp³-hybridized carbons (Fsp3) is 0.588. The molecule has 5 heteroatoms. The Hall–Kier alpha value is -1.20. The monoisotopic (exact) mass is 321 g/mol. The third-order valence-electron chi connectivity index (χ3n) is 4.15. The molecule has 1 aliphatic rings. The van der Waals surface area contributed by atoms with Crippen molar-refractivity contribution in [3.63, 3.8) is 0 Å². The highest BCUT2D eigenvalue weighted by Gasteiger charge is 2.21. The number of rotatable bonds is 6. The van der Waals surface area contributed by atoms with Crippen molar-refractivity contribution in [3.8, 4) is 0 Å². The second-order valence-corrected chi connectivity index (χ2v) is 7.37. The zero-order valence-corrected chi connectivity index (χ0v) is 14.9. The van der Waals surface area contributed by atoms with Crippen molar-refractivity contribution < 1.29 is 4.79 Å². The molecule has 1 amide bonds. The highest BCUT2D eigenvalue weighted by molar-refractivity contribution is 7.99. The molecular formula is C17H27N3OS. The summed E-state index contributed by atoms with van der Waals surface area (Å²) >= 11 is 1.98. The van der Waals surface area contributed by atoms with Crippen molar-refractivity contribution in [2.24, 2.45) is 0 Å². The van der Waals surface area contributed by atoms with Crippen LogP contribution in [0.15, 0.2) is 18.2 Å². The lowest BCUT2D eigenvalue weighted by atomic mass is 10.1. The standard InChI is InChI=1S/C17H27N3OS/c1-13-9-14(5-6-16(13)19(2)3)10-18-17(21)11-20(4)15-7-8-22-12-15/h5-6,9,15H,7-8,10-12H2,1-4H3,(H,18,21)/t15-/m0/s1. The van der Waals surface area contributed by atoms with Crippen LogP contribution in [-0.4, -0.2) is 56.0 Å². The van der Waals surface area contributed by atoms with E-state index in [4.69, 9.17) is 0 Å². The Morgan fingerprint density at radius 1 is 1.36 bits per heavy atom. The number of thioether (sulfide) groups is 1. The van der Waals surface area contributed by atoms with Gasteiger partial charge >= 0.3 is 0 Å². The van der Waals surface area contributed by atoms with Crippen LogP contribution in [0.2, 0.25) is 0 Å². The lowest BCUT2D eigenvalue weighted by Gasteiger charge is -2.22. The van der Waals surface area contributed by atoms with Gasteiger partial charge in [0.1, 0.15) is 0 Å². The molecule has 1 N–H and O–H groups in total. The van der Waals surface area contributed by atoms with Gasteiger partial charge in [0.25, 0.3) is 0 Å². The number of likely N-dealkylation sites (N-methyl/N-ethyl adjacent to an activating group) is 1. The third-order valence-corrected chi connectivity index (χ3v) is 5.30. The molecular weight excluding hydrogens is 294 g/mol. The van der Waals surface area contributed by atoms with E-state index >= 15 is 0 Å². The Balaban J connectivity index is 1.82. The second kappa shape index (κ2) is 7.88. The van der Waals surface area contributed by atoms with Gasteiger partial charge in [-0.25, -0.2) is 0 Å². The molecule has 1 saturated heterocycles. The highest BCUT2D eigenvalue weighted by Crippen LogP contribution is 2.21. The van der Waals surface area contributed by atoms with E-state index < -0.39 is 0 Å². The minimum atomic E-state index is 0.105. The van der Waals surface area contributed by atoms with E-state index in [0.717, 1.165) is 11.3 Å². The molecule has 4 nitrogen and oxygen atoms in total. The van der Waals surface area contributed by atoms with Crippen LogP contribution in [-0.2, 0) is 11.3 Å². The molecule has 1 aromatic rings.